The molecule has 2 fully saturated rings. The summed E-state index contributed by atoms with van der Waals surface area (Å²) in [5.74, 6) is 1.04. The molecule has 1 aromatic rings. The second-order valence-corrected chi connectivity index (χ2v) is 8.78. The third kappa shape index (κ3) is 4.38. The topological polar surface area (TPSA) is 59.1 Å². The second-order valence-electron chi connectivity index (χ2n) is 6.44. The van der Waals surface area contributed by atoms with E-state index < -0.39 is 10.8 Å². The SMILES string of the molecule is O=C(CS(=O)Cc1csc(C2CCCC2)n1)NC1CCCC1. The number of nitrogens with one attached hydrogen (secondary N) is 1. The van der Waals surface area contributed by atoms with Crippen molar-refractivity contribution in [1.82, 2.24) is 10.3 Å². The van der Waals surface area contributed by atoms with E-state index in [4.69, 9.17) is 0 Å². The molecule has 4 nitrogen and oxygen atoms in total. The molecule has 1 unspecified atom stereocenters. The highest BCUT2D eigenvalue weighted by molar-refractivity contribution is 7.84. The summed E-state index contributed by atoms with van der Waals surface area (Å²) in [6.45, 7) is 0. The van der Waals surface area contributed by atoms with Crippen LogP contribution in [-0.4, -0.2) is 26.9 Å². The minimum atomic E-state index is -1.16. The Morgan fingerprint density at radius 3 is 2.64 bits per heavy atom. The standard InChI is InChI=1S/C16H24N2O2S2/c19-15(17-13-7-3-4-8-13)11-22(20)10-14-9-21-16(18-14)12-5-1-2-6-12/h9,12-13H,1-8,10-11H2,(H,17,19). The van der Waals surface area contributed by atoms with Gasteiger partial charge in [0, 0.05) is 28.1 Å². The molecule has 1 atom stereocenters. The second kappa shape index (κ2) is 7.68. The fraction of sp³-hybridized carbons (Fsp3) is 0.750. The number of thiazole rings is 1. The van der Waals surface area contributed by atoms with Gasteiger partial charge in [0.25, 0.3) is 0 Å². The Kier molecular flexibility index (Phi) is 5.63. The Labute approximate surface area is 138 Å². The first-order chi connectivity index (χ1) is 10.7. The number of carbonyl (C=O) groups is 1. The summed E-state index contributed by atoms with van der Waals surface area (Å²) >= 11 is 1.69. The molecule has 22 heavy (non-hydrogen) atoms. The summed E-state index contributed by atoms with van der Waals surface area (Å²) in [5, 5.41) is 6.20. The maximum Gasteiger partial charge on any atom is 0.232 e. The van der Waals surface area contributed by atoms with Crippen molar-refractivity contribution in [2.45, 2.75) is 69.1 Å². The lowest BCUT2D eigenvalue weighted by molar-refractivity contribution is -0.119. The van der Waals surface area contributed by atoms with Gasteiger partial charge in [0.05, 0.1) is 16.5 Å². The van der Waals surface area contributed by atoms with Crippen LogP contribution in [0.3, 0.4) is 0 Å². The highest BCUT2D eigenvalue weighted by Crippen LogP contribution is 2.35. The Bertz CT molecular complexity index is 532. The van der Waals surface area contributed by atoms with Gasteiger partial charge < -0.3 is 5.32 Å². The molecule has 0 spiro atoms. The molecule has 1 N–H and O–H groups in total. The van der Waals surface area contributed by atoms with Crippen LogP contribution in [0.4, 0.5) is 0 Å². The normalized spacial score (nSPS) is 21.3. The average molecular weight is 341 g/mol. The number of hydrogen-bond acceptors (Lipinski definition) is 4. The molecule has 1 aromatic heterocycles. The van der Waals surface area contributed by atoms with Crippen LogP contribution in [0, 0.1) is 0 Å². The number of aromatic nitrogens is 1. The first-order valence-corrected chi connectivity index (χ1v) is 10.7. The van der Waals surface area contributed by atoms with Gasteiger partial charge >= 0.3 is 0 Å². The lowest BCUT2D eigenvalue weighted by Gasteiger charge is -2.11. The molecule has 2 aliphatic carbocycles. The van der Waals surface area contributed by atoms with Crippen LogP contribution >= 0.6 is 11.3 Å². The van der Waals surface area contributed by atoms with E-state index in [-0.39, 0.29) is 11.7 Å². The van der Waals surface area contributed by atoms with Crippen LogP contribution in [0.15, 0.2) is 5.38 Å². The van der Waals surface area contributed by atoms with Crippen molar-refractivity contribution in [2.75, 3.05) is 5.75 Å². The molecule has 2 aliphatic rings. The van der Waals surface area contributed by atoms with Gasteiger partial charge in [0.2, 0.25) is 5.91 Å². The summed E-state index contributed by atoms with van der Waals surface area (Å²) in [5.41, 5.74) is 0.888. The number of nitrogens with zero attached hydrogens (tertiary/aromatic N) is 1. The largest absolute Gasteiger partial charge is 0.353 e. The van der Waals surface area contributed by atoms with Crippen molar-refractivity contribution in [3.05, 3.63) is 16.1 Å². The van der Waals surface area contributed by atoms with E-state index in [1.165, 1.54) is 43.5 Å². The summed E-state index contributed by atoms with van der Waals surface area (Å²) in [6.07, 6.45) is 9.58. The number of carbonyl (C=O) groups excluding carboxylic acids is 1. The molecule has 0 aromatic carbocycles. The van der Waals surface area contributed by atoms with E-state index >= 15 is 0 Å². The minimum Gasteiger partial charge on any atom is -0.353 e. The lowest BCUT2D eigenvalue weighted by atomic mass is 10.1. The highest BCUT2D eigenvalue weighted by atomic mass is 32.2. The van der Waals surface area contributed by atoms with E-state index in [0.29, 0.717) is 17.7 Å². The number of amides is 1. The van der Waals surface area contributed by atoms with Crippen LogP contribution in [-0.2, 0) is 21.3 Å². The molecule has 122 valence electrons. The fourth-order valence-corrected chi connectivity index (χ4v) is 5.50. The van der Waals surface area contributed by atoms with Gasteiger partial charge in [0.1, 0.15) is 5.75 Å². The maximum absolute atomic E-state index is 12.1. The van der Waals surface area contributed by atoms with E-state index in [0.717, 1.165) is 18.5 Å². The maximum atomic E-state index is 12.1. The molecule has 2 saturated carbocycles. The van der Waals surface area contributed by atoms with Gasteiger partial charge in [-0.3, -0.25) is 9.00 Å². The third-order valence-corrected chi connectivity index (χ3v) is 6.85. The van der Waals surface area contributed by atoms with Crippen LogP contribution in [0.5, 0.6) is 0 Å². The Morgan fingerprint density at radius 1 is 1.23 bits per heavy atom. The molecule has 0 saturated heterocycles. The predicted molar refractivity (Wildman–Crippen MR) is 90.4 cm³/mol. The summed E-state index contributed by atoms with van der Waals surface area (Å²) in [6, 6.07) is 0.303. The summed E-state index contributed by atoms with van der Waals surface area (Å²) in [7, 11) is -1.16. The van der Waals surface area contributed by atoms with Crippen LogP contribution in [0.1, 0.15) is 68.0 Å². The van der Waals surface area contributed by atoms with E-state index in [1.54, 1.807) is 11.3 Å². The van der Waals surface area contributed by atoms with Crippen LogP contribution < -0.4 is 5.32 Å². The first kappa shape index (κ1) is 16.1. The molecule has 1 heterocycles. The summed E-state index contributed by atoms with van der Waals surface area (Å²) < 4.78 is 12.1. The van der Waals surface area contributed by atoms with Crippen molar-refractivity contribution in [3.8, 4) is 0 Å². The quantitative estimate of drug-likeness (QED) is 0.865. The van der Waals surface area contributed by atoms with Crippen LogP contribution in [0.25, 0.3) is 0 Å². The van der Waals surface area contributed by atoms with Crippen molar-refractivity contribution in [3.63, 3.8) is 0 Å². The summed E-state index contributed by atoms with van der Waals surface area (Å²) in [4.78, 5) is 16.5. The zero-order chi connectivity index (χ0) is 15.4. The third-order valence-electron chi connectivity index (χ3n) is 4.60. The van der Waals surface area contributed by atoms with Gasteiger partial charge in [-0.15, -0.1) is 11.3 Å². The molecular weight excluding hydrogens is 316 g/mol. The molecule has 0 aliphatic heterocycles. The smallest absolute Gasteiger partial charge is 0.232 e. The Balaban J connectivity index is 1.45. The van der Waals surface area contributed by atoms with Gasteiger partial charge in [-0.05, 0) is 25.7 Å². The van der Waals surface area contributed by atoms with Gasteiger partial charge in [-0.2, -0.15) is 0 Å². The van der Waals surface area contributed by atoms with Crippen molar-refractivity contribution in [1.29, 1.82) is 0 Å². The first-order valence-electron chi connectivity index (χ1n) is 8.29. The zero-order valence-corrected chi connectivity index (χ0v) is 14.5. The molecular formula is C16H24N2O2S2. The fourth-order valence-electron chi connectivity index (χ4n) is 3.45. The lowest BCUT2D eigenvalue weighted by Crippen LogP contribution is -2.35. The van der Waals surface area contributed by atoms with Gasteiger partial charge in [-0.25, -0.2) is 4.98 Å². The average Bonchev–Trinajstić information content (AvgIpc) is 3.19. The molecule has 3 rings (SSSR count). The van der Waals surface area contributed by atoms with Gasteiger partial charge in [-0.1, -0.05) is 25.7 Å². The highest BCUT2D eigenvalue weighted by Gasteiger charge is 2.21. The monoisotopic (exact) mass is 340 g/mol. The van der Waals surface area contributed by atoms with E-state index in [9.17, 15) is 9.00 Å². The van der Waals surface area contributed by atoms with E-state index in [1.807, 2.05) is 5.38 Å². The zero-order valence-electron chi connectivity index (χ0n) is 12.9. The molecule has 6 heteroatoms. The van der Waals surface area contributed by atoms with Gasteiger partial charge in [0.15, 0.2) is 0 Å². The van der Waals surface area contributed by atoms with Crippen LogP contribution in [0.2, 0.25) is 0 Å². The number of hydrogen-bond donors (Lipinski definition) is 1. The minimum absolute atomic E-state index is 0.0727. The van der Waals surface area contributed by atoms with Crippen molar-refractivity contribution in [2.24, 2.45) is 0 Å². The predicted octanol–water partition coefficient (Wildman–Crippen LogP) is 3.11. The van der Waals surface area contributed by atoms with E-state index in [2.05, 4.69) is 10.3 Å². The molecule has 0 bridgehead atoms. The van der Waals surface area contributed by atoms with Crippen molar-refractivity contribution >= 4 is 28.0 Å². The number of rotatable bonds is 6. The Hall–Kier alpha value is -0.750. The molecule has 1 amide bonds. The van der Waals surface area contributed by atoms with Crippen molar-refractivity contribution < 1.29 is 9.00 Å². The molecule has 0 radical (unpaired) electrons. The Morgan fingerprint density at radius 2 is 1.91 bits per heavy atom.